The Hall–Kier alpha value is -2.27. The number of thiophene rings is 1. The molecule has 0 unspecified atom stereocenters. The van der Waals surface area contributed by atoms with Gasteiger partial charge in [0, 0.05) is 12.1 Å². The lowest BCUT2D eigenvalue weighted by Crippen LogP contribution is -2.35. The molecule has 1 aromatic heterocycles. The number of rotatable bonds is 3. The Bertz CT molecular complexity index is 830. The van der Waals surface area contributed by atoms with Crippen LogP contribution in [0.1, 0.15) is 17.7 Å². The Balaban J connectivity index is 1.64. The summed E-state index contributed by atoms with van der Waals surface area (Å²) in [6, 6.07) is 3.06. The van der Waals surface area contributed by atoms with Crippen LogP contribution in [0.15, 0.2) is 57.1 Å². The topological polar surface area (TPSA) is 63.2 Å². The highest BCUT2D eigenvalue weighted by Gasteiger charge is 2.32. The first-order valence-electron chi connectivity index (χ1n) is 7.23. The average Bonchev–Trinajstić information content (AvgIpc) is 3.02. The van der Waals surface area contributed by atoms with Gasteiger partial charge in [0.05, 0.1) is 14.9 Å². The number of nitrogens with one attached hydrogen (secondary N) is 1. The summed E-state index contributed by atoms with van der Waals surface area (Å²) in [4.78, 5) is 13.0. The Morgan fingerprint density at radius 2 is 2.15 bits per heavy atom. The predicted molar refractivity (Wildman–Crippen MR) is 91.7 cm³/mol. The zero-order valence-corrected chi connectivity index (χ0v) is 15.3. The summed E-state index contributed by atoms with van der Waals surface area (Å²) in [6.07, 6.45) is 0.714. The highest BCUT2D eigenvalue weighted by molar-refractivity contribution is 9.11. The monoisotopic (exact) mass is 449 g/mol. The van der Waals surface area contributed by atoms with Crippen LogP contribution in [0.2, 0.25) is 0 Å². The number of carbonyl (C=O) groups is 1. The van der Waals surface area contributed by atoms with Gasteiger partial charge in [-0.2, -0.15) is 5.01 Å². The van der Waals surface area contributed by atoms with Gasteiger partial charge >= 0.3 is 12.4 Å². The van der Waals surface area contributed by atoms with E-state index >= 15 is 0 Å². The molecule has 6 nitrogen and oxygen atoms in total. The van der Waals surface area contributed by atoms with Crippen molar-refractivity contribution in [3.63, 3.8) is 0 Å². The minimum absolute atomic E-state index is 0.0301. The molecule has 26 heavy (non-hydrogen) atoms. The van der Waals surface area contributed by atoms with Crippen LogP contribution in [0.4, 0.5) is 18.0 Å². The number of urea groups is 1. The normalized spacial score (nSPS) is 17.1. The van der Waals surface area contributed by atoms with Gasteiger partial charge in [0.1, 0.15) is 12.0 Å². The molecule has 1 N–H and O–H groups in total. The fourth-order valence-electron chi connectivity index (χ4n) is 2.11. The molecule has 0 aromatic carbocycles. The summed E-state index contributed by atoms with van der Waals surface area (Å²) in [6.45, 7) is 0. The van der Waals surface area contributed by atoms with Crippen molar-refractivity contribution in [3.05, 3.63) is 56.9 Å². The number of halogens is 4. The molecule has 2 aliphatic rings. The van der Waals surface area contributed by atoms with E-state index in [0.717, 1.165) is 13.7 Å². The first-order chi connectivity index (χ1) is 12.3. The van der Waals surface area contributed by atoms with E-state index < -0.39 is 12.4 Å². The molecular weight excluding hydrogens is 439 g/mol. The summed E-state index contributed by atoms with van der Waals surface area (Å²) in [5.74, 6) is 0.0575. The molecule has 11 heteroatoms. The van der Waals surface area contributed by atoms with Crippen LogP contribution < -0.4 is 5.32 Å². The number of hydrogen-bond acceptors (Lipinski definition) is 5. The van der Waals surface area contributed by atoms with Gasteiger partial charge in [-0.25, -0.2) is 4.79 Å². The van der Waals surface area contributed by atoms with Crippen LogP contribution in [-0.4, -0.2) is 23.3 Å². The molecule has 1 aliphatic heterocycles. The summed E-state index contributed by atoms with van der Waals surface area (Å²) in [5, 5.41) is 7.75. The third kappa shape index (κ3) is 4.88. The van der Waals surface area contributed by atoms with E-state index in [-0.39, 0.29) is 24.5 Å². The second-order valence-corrected chi connectivity index (χ2v) is 7.52. The Labute approximate surface area is 158 Å². The first kappa shape index (κ1) is 18.5. The second kappa shape index (κ2) is 7.54. The minimum atomic E-state index is -4.72. The Morgan fingerprint density at radius 3 is 2.77 bits per heavy atom. The fraction of sp³-hybridized carbons (Fsp3) is 0.200. The van der Waals surface area contributed by atoms with Crippen LogP contribution in [-0.2, 0) is 9.47 Å². The van der Waals surface area contributed by atoms with Crippen molar-refractivity contribution in [1.82, 2.24) is 10.3 Å². The Kier molecular flexibility index (Phi) is 5.37. The van der Waals surface area contributed by atoms with E-state index in [4.69, 9.17) is 4.74 Å². The van der Waals surface area contributed by atoms with Crippen LogP contribution in [0.3, 0.4) is 0 Å². The molecular formula is C15H11BrF3N3O3S. The quantitative estimate of drug-likeness (QED) is 0.721. The maximum absolute atomic E-state index is 12.3. The summed E-state index contributed by atoms with van der Waals surface area (Å²) in [7, 11) is 0. The zero-order chi connectivity index (χ0) is 18.7. The maximum atomic E-state index is 12.3. The maximum Gasteiger partial charge on any atom is 0.572 e. The second-order valence-electron chi connectivity index (χ2n) is 5.06. The van der Waals surface area contributed by atoms with E-state index in [1.54, 1.807) is 6.07 Å². The molecule has 0 saturated heterocycles. The molecule has 0 saturated carbocycles. The lowest BCUT2D eigenvalue weighted by atomic mass is 10.1. The van der Waals surface area contributed by atoms with Crippen LogP contribution >= 0.6 is 27.3 Å². The molecule has 2 amide bonds. The smallest absolute Gasteiger partial charge is 0.443 e. The van der Waals surface area contributed by atoms with Crippen molar-refractivity contribution in [1.29, 1.82) is 0 Å². The number of hydrazone groups is 1. The first-order valence-corrected chi connectivity index (χ1v) is 8.84. The predicted octanol–water partition coefficient (Wildman–Crippen LogP) is 4.78. The number of hydrogen-bond donors (Lipinski definition) is 1. The molecule has 0 spiro atoms. The van der Waals surface area contributed by atoms with Gasteiger partial charge in [-0.15, -0.1) is 29.6 Å². The number of carbonyl (C=O) groups excluding carboxylic acids is 1. The van der Waals surface area contributed by atoms with Gasteiger partial charge in [-0.1, -0.05) is 0 Å². The molecule has 0 bridgehead atoms. The average molecular weight is 450 g/mol. The number of ether oxygens (including phenoxy) is 2. The number of amides is 2. The largest absolute Gasteiger partial charge is 0.572 e. The fourth-order valence-corrected chi connectivity index (χ4v) is 3.42. The van der Waals surface area contributed by atoms with Gasteiger partial charge in [-0.05, 0) is 46.6 Å². The third-order valence-electron chi connectivity index (χ3n) is 3.20. The highest BCUT2D eigenvalue weighted by Crippen LogP contribution is 2.27. The van der Waals surface area contributed by atoms with Gasteiger partial charge in [0.15, 0.2) is 0 Å². The van der Waals surface area contributed by atoms with Crippen molar-refractivity contribution >= 4 is 39.2 Å². The highest BCUT2D eigenvalue weighted by atomic mass is 79.9. The minimum Gasteiger partial charge on any atom is -0.443 e. The van der Waals surface area contributed by atoms with Gasteiger partial charge < -0.3 is 14.8 Å². The van der Waals surface area contributed by atoms with Gasteiger partial charge in [0.2, 0.25) is 0 Å². The number of nitrogens with zero attached hydrogens (tertiary/aromatic N) is 2. The molecule has 0 radical (unpaired) electrons. The van der Waals surface area contributed by atoms with Crippen LogP contribution in [0, 0.1) is 0 Å². The Morgan fingerprint density at radius 1 is 1.35 bits per heavy atom. The van der Waals surface area contributed by atoms with Gasteiger partial charge in [-0.3, -0.25) is 0 Å². The molecule has 1 aliphatic carbocycles. The summed E-state index contributed by atoms with van der Waals surface area (Å²) in [5.41, 5.74) is 0.458. The number of alkyl halides is 3. The van der Waals surface area contributed by atoms with Gasteiger partial charge in [0.25, 0.3) is 5.90 Å². The zero-order valence-electron chi connectivity index (χ0n) is 12.9. The van der Waals surface area contributed by atoms with Crippen molar-refractivity contribution in [2.45, 2.75) is 19.2 Å². The van der Waals surface area contributed by atoms with E-state index in [1.807, 2.05) is 6.07 Å². The molecule has 138 valence electrons. The van der Waals surface area contributed by atoms with E-state index in [1.165, 1.54) is 36.0 Å². The van der Waals surface area contributed by atoms with Crippen LogP contribution in [0.5, 0.6) is 0 Å². The summed E-state index contributed by atoms with van der Waals surface area (Å²) >= 11 is 4.73. The lowest BCUT2D eigenvalue weighted by molar-refractivity contribution is -0.306. The van der Waals surface area contributed by atoms with Crippen molar-refractivity contribution < 1.29 is 27.4 Å². The van der Waals surface area contributed by atoms with Crippen molar-refractivity contribution in [2.24, 2.45) is 5.10 Å². The standard InChI is InChI=1S/C15H11BrF3N3O3S/c16-12-6-5-11(26-12)13-21-22(7-8-24-13)14(23)20-9-1-3-10(4-2-9)25-15(17,18)19/h1,3,5-8H,2,4H2,(H,20,23). The molecule has 3 rings (SSSR count). The van der Waals surface area contributed by atoms with E-state index in [0.29, 0.717) is 5.70 Å². The van der Waals surface area contributed by atoms with Crippen LogP contribution in [0.25, 0.3) is 0 Å². The number of allylic oxidation sites excluding steroid dienone is 4. The van der Waals surface area contributed by atoms with Crippen molar-refractivity contribution in [2.75, 3.05) is 0 Å². The summed E-state index contributed by atoms with van der Waals surface area (Å²) < 4.78 is 46.6. The van der Waals surface area contributed by atoms with E-state index in [2.05, 4.69) is 31.1 Å². The van der Waals surface area contributed by atoms with Crippen molar-refractivity contribution in [3.8, 4) is 0 Å². The molecule has 0 fully saturated rings. The molecule has 0 atom stereocenters. The molecule has 2 heterocycles. The lowest BCUT2D eigenvalue weighted by Gasteiger charge is -2.21. The SMILES string of the molecule is O=C(NC1=CC=C(OC(F)(F)F)CC1)N1C=COC(c2ccc(Br)s2)=N1. The third-order valence-corrected chi connectivity index (χ3v) is 4.81. The molecule has 1 aromatic rings. The van der Waals surface area contributed by atoms with E-state index in [9.17, 15) is 18.0 Å².